The van der Waals surface area contributed by atoms with Crippen molar-refractivity contribution in [2.75, 3.05) is 12.3 Å². The minimum Gasteiger partial charge on any atom is -0.393 e. The van der Waals surface area contributed by atoms with Crippen molar-refractivity contribution in [1.29, 1.82) is 0 Å². The fourth-order valence-electron chi connectivity index (χ4n) is 2.80. The second-order valence-corrected chi connectivity index (χ2v) is 5.06. The Morgan fingerprint density at radius 3 is 2.91 bits per heavy atom. The van der Waals surface area contributed by atoms with E-state index in [9.17, 15) is 9.90 Å². The number of aromatic nitrogens is 4. The van der Waals surface area contributed by atoms with Crippen LogP contribution < -0.4 is 11.3 Å². The third kappa shape index (κ3) is 1.74. The quantitative estimate of drug-likeness (QED) is 0.626. The molecule has 4 N–H and O–H groups in total. The number of nitrogen functional groups attached to an aromatic ring is 1. The van der Waals surface area contributed by atoms with E-state index in [1.165, 1.54) is 6.33 Å². The van der Waals surface area contributed by atoms with Gasteiger partial charge in [-0.05, 0) is 5.56 Å². The Labute approximate surface area is 124 Å². The summed E-state index contributed by atoms with van der Waals surface area (Å²) in [5, 5.41) is 9.49. The first-order valence-corrected chi connectivity index (χ1v) is 6.76. The molecule has 0 fully saturated rings. The fourth-order valence-corrected chi connectivity index (χ4v) is 2.80. The molecule has 1 aliphatic rings. The molecule has 112 valence electrons. The van der Waals surface area contributed by atoms with Crippen LogP contribution in [0, 0.1) is 0 Å². The van der Waals surface area contributed by atoms with Crippen molar-refractivity contribution in [3.63, 3.8) is 0 Å². The number of fused-ring (bicyclic) bond motifs is 2. The number of nitrogens with two attached hydrogens (primary N) is 1. The molecule has 3 aromatic rings. The number of rotatable bonds is 2. The van der Waals surface area contributed by atoms with E-state index in [1.807, 2.05) is 24.3 Å². The lowest BCUT2D eigenvalue weighted by molar-refractivity contribution is -0.0305. The predicted octanol–water partition coefficient (Wildman–Crippen LogP) is 0.312. The van der Waals surface area contributed by atoms with Crippen LogP contribution in [-0.4, -0.2) is 31.2 Å². The van der Waals surface area contributed by atoms with Gasteiger partial charge in [0, 0.05) is 5.56 Å². The molecule has 2 aromatic heterocycles. The zero-order valence-corrected chi connectivity index (χ0v) is 11.4. The summed E-state index contributed by atoms with van der Waals surface area (Å²) in [5.41, 5.74) is 7.57. The highest BCUT2D eigenvalue weighted by Gasteiger charge is 2.33. The number of H-pyrrole nitrogens is 1. The largest absolute Gasteiger partial charge is 0.393 e. The number of benzene rings is 1. The van der Waals surface area contributed by atoms with Gasteiger partial charge in [0.1, 0.15) is 6.10 Å². The Kier molecular flexibility index (Phi) is 2.75. The number of anilines is 1. The van der Waals surface area contributed by atoms with E-state index in [0.717, 1.165) is 11.1 Å². The maximum Gasteiger partial charge on any atom is 0.280 e. The number of ether oxygens (including phenoxy) is 1. The van der Waals surface area contributed by atoms with Crippen molar-refractivity contribution in [3.8, 4) is 0 Å². The van der Waals surface area contributed by atoms with Gasteiger partial charge < -0.3 is 15.6 Å². The van der Waals surface area contributed by atoms with E-state index < -0.39 is 17.9 Å². The summed E-state index contributed by atoms with van der Waals surface area (Å²) in [5.74, 6) is 0.0178. The minimum absolute atomic E-state index is 0.0178. The van der Waals surface area contributed by atoms with Crippen LogP contribution in [0.4, 0.5) is 5.95 Å². The molecule has 0 aliphatic carbocycles. The Morgan fingerprint density at radius 2 is 2.14 bits per heavy atom. The first-order chi connectivity index (χ1) is 10.7. The third-order valence-corrected chi connectivity index (χ3v) is 3.77. The highest BCUT2D eigenvalue weighted by Crippen LogP contribution is 2.40. The summed E-state index contributed by atoms with van der Waals surface area (Å²) >= 11 is 0. The molecule has 2 atom stereocenters. The van der Waals surface area contributed by atoms with Crippen molar-refractivity contribution < 1.29 is 9.84 Å². The molecule has 4 rings (SSSR count). The van der Waals surface area contributed by atoms with Gasteiger partial charge in [-0.1, -0.05) is 24.3 Å². The fraction of sp³-hybridized carbons (Fsp3) is 0.214. The molecule has 3 heterocycles. The summed E-state index contributed by atoms with van der Waals surface area (Å²) in [4.78, 5) is 22.5. The van der Waals surface area contributed by atoms with E-state index in [1.54, 1.807) is 4.57 Å². The number of aromatic amines is 1. The Hall–Kier alpha value is -2.71. The van der Waals surface area contributed by atoms with Gasteiger partial charge in [-0.3, -0.25) is 14.3 Å². The van der Waals surface area contributed by atoms with Gasteiger partial charge in [-0.2, -0.15) is 4.98 Å². The summed E-state index contributed by atoms with van der Waals surface area (Å²) in [7, 11) is 0. The van der Waals surface area contributed by atoms with Crippen LogP contribution in [0.15, 0.2) is 35.4 Å². The van der Waals surface area contributed by atoms with Crippen molar-refractivity contribution in [2.24, 2.45) is 0 Å². The minimum atomic E-state index is -0.507. The maximum absolute atomic E-state index is 11.9. The standard InChI is InChI=1S/C14H13N5O3/c15-14-17-11-10(12(21)18-14)16-6-19(11)13-8-4-2-1-3-7(8)9(5-20)22-13/h1-4,6,9,13,20H,5H2,(H3,15,17,18,21)/t9-,13+/m1/s1. The molecule has 0 saturated heterocycles. The van der Waals surface area contributed by atoms with Crippen LogP contribution in [0.3, 0.4) is 0 Å². The first-order valence-electron chi connectivity index (χ1n) is 6.76. The number of hydrogen-bond acceptors (Lipinski definition) is 6. The highest BCUT2D eigenvalue weighted by atomic mass is 16.5. The van der Waals surface area contributed by atoms with Crippen LogP contribution in [-0.2, 0) is 4.74 Å². The maximum atomic E-state index is 11.9. The smallest absolute Gasteiger partial charge is 0.280 e. The molecule has 0 bridgehead atoms. The molecule has 1 aliphatic heterocycles. The van der Waals surface area contributed by atoms with Crippen LogP contribution in [0.5, 0.6) is 0 Å². The Balaban J connectivity index is 1.92. The van der Waals surface area contributed by atoms with E-state index in [0.29, 0.717) is 5.65 Å². The number of imidazole rings is 1. The predicted molar refractivity (Wildman–Crippen MR) is 78.1 cm³/mol. The van der Waals surface area contributed by atoms with Crippen molar-refractivity contribution in [2.45, 2.75) is 12.3 Å². The van der Waals surface area contributed by atoms with Crippen LogP contribution in [0.2, 0.25) is 0 Å². The molecule has 0 spiro atoms. The molecule has 22 heavy (non-hydrogen) atoms. The van der Waals surface area contributed by atoms with Crippen LogP contribution >= 0.6 is 0 Å². The average Bonchev–Trinajstić information content (AvgIpc) is 3.08. The Bertz CT molecular complexity index is 916. The second-order valence-electron chi connectivity index (χ2n) is 5.06. The molecule has 8 heteroatoms. The molecule has 0 amide bonds. The topological polar surface area (TPSA) is 119 Å². The summed E-state index contributed by atoms with van der Waals surface area (Å²) < 4.78 is 7.54. The SMILES string of the molecule is Nc1nc2c(ncn2[C@H]2O[C@H](CO)c3ccccc32)c(=O)[nH]1. The lowest BCUT2D eigenvalue weighted by Crippen LogP contribution is -2.15. The zero-order chi connectivity index (χ0) is 15.3. The molecular formula is C14H13N5O3. The van der Waals surface area contributed by atoms with E-state index in [-0.39, 0.29) is 18.1 Å². The van der Waals surface area contributed by atoms with Crippen molar-refractivity contribution in [1.82, 2.24) is 19.5 Å². The molecule has 0 radical (unpaired) electrons. The summed E-state index contributed by atoms with van der Waals surface area (Å²) in [6, 6.07) is 7.60. The van der Waals surface area contributed by atoms with E-state index in [4.69, 9.17) is 10.5 Å². The van der Waals surface area contributed by atoms with E-state index in [2.05, 4.69) is 15.0 Å². The van der Waals surface area contributed by atoms with Gasteiger partial charge in [0.05, 0.1) is 12.9 Å². The van der Waals surface area contributed by atoms with Gasteiger partial charge in [0.2, 0.25) is 5.95 Å². The molecular weight excluding hydrogens is 286 g/mol. The summed E-state index contributed by atoms with van der Waals surface area (Å²) in [6.07, 6.45) is 0.568. The van der Waals surface area contributed by atoms with Gasteiger partial charge in [0.15, 0.2) is 17.4 Å². The van der Waals surface area contributed by atoms with Crippen LogP contribution in [0.25, 0.3) is 11.2 Å². The molecule has 8 nitrogen and oxygen atoms in total. The third-order valence-electron chi connectivity index (χ3n) is 3.77. The normalized spacial score (nSPS) is 20.4. The number of nitrogens with zero attached hydrogens (tertiary/aromatic N) is 3. The van der Waals surface area contributed by atoms with Gasteiger partial charge in [0.25, 0.3) is 5.56 Å². The molecule has 0 unspecified atom stereocenters. The number of nitrogens with one attached hydrogen (secondary N) is 1. The van der Waals surface area contributed by atoms with Crippen molar-refractivity contribution >= 4 is 17.1 Å². The lowest BCUT2D eigenvalue weighted by atomic mass is 10.0. The Morgan fingerprint density at radius 1 is 1.36 bits per heavy atom. The van der Waals surface area contributed by atoms with Gasteiger partial charge in [-0.25, -0.2) is 4.98 Å². The lowest BCUT2D eigenvalue weighted by Gasteiger charge is -2.15. The van der Waals surface area contributed by atoms with Gasteiger partial charge in [-0.15, -0.1) is 0 Å². The number of hydrogen-bond donors (Lipinski definition) is 3. The van der Waals surface area contributed by atoms with E-state index >= 15 is 0 Å². The monoisotopic (exact) mass is 299 g/mol. The second kappa shape index (κ2) is 4.65. The zero-order valence-electron chi connectivity index (χ0n) is 11.4. The highest BCUT2D eigenvalue weighted by molar-refractivity contribution is 5.70. The summed E-state index contributed by atoms with van der Waals surface area (Å²) in [6.45, 7) is -0.129. The average molecular weight is 299 g/mol. The van der Waals surface area contributed by atoms with Crippen molar-refractivity contribution in [3.05, 3.63) is 52.1 Å². The van der Waals surface area contributed by atoms with Crippen LogP contribution in [0.1, 0.15) is 23.5 Å². The first kappa shape index (κ1) is 13.0. The van der Waals surface area contributed by atoms with Gasteiger partial charge >= 0.3 is 0 Å². The number of aliphatic hydroxyl groups is 1. The molecule has 0 saturated carbocycles. The number of aliphatic hydroxyl groups excluding tert-OH is 1. The molecule has 1 aromatic carbocycles.